The second-order valence-electron chi connectivity index (χ2n) is 4.89. The predicted molar refractivity (Wildman–Crippen MR) is 82.8 cm³/mol. The number of nitrogens with one attached hydrogen (secondary N) is 1. The van der Waals surface area contributed by atoms with Crippen LogP contribution >= 0.6 is 22.9 Å². The van der Waals surface area contributed by atoms with Crippen LogP contribution in [-0.2, 0) is 0 Å². The molecule has 0 aliphatic heterocycles. The molecule has 0 saturated heterocycles. The van der Waals surface area contributed by atoms with Gasteiger partial charge in [-0.25, -0.2) is 9.67 Å². The highest BCUT2D eigenvalue weighted by Gasteiger charge is 2.15. The lowest BCUT2D eigenvalue weighted by Gasteiger charge is -2.15. The summed E-state index contributed by atoms with van der Waals surface area (Å²) in [6, 6.07) is -0.0459. The molecule has 1 N–H and O–H groups in total. The topological polar surface area (TPSA) is 59.8 Å². The average molecular weight is 313 g/mol. The fourth-order valence-electron chi connectivity index (χ4n) is 1.78. The van der Waals surface area contributed by atoms with Crippen molar-refractivity contribution >= 4 is 28.6 Å². The lowest BCUT2D eigenvalue weighted by atomic mass is 10.3. The quantitative estimate of drug-likeness (QED) is 0.939. The van der Waals surface area contributed by atoms with Gasteiger partial charge in [0.1, 0.15) is 10.0 Å². The van der Waals surface area contributed by atoms with E-state index in [1.807, 2.05) is 33.9 Å². The highest BCUT2D eigenvalue weighted by molar-refractivity contribution is 7.11. The molecule has 0 aromatic carbocycles. The van der Waals surface area contributed by atoms with Crippen molar-refractivity contribution < 1.29 is 0 Å². The molecule has 0 radical (unpaired) electrons. The third kappa shape index (κ3) is 3.02. The molecule has 2 rings (SSSR count). The molecule has 2 heterocycles. The van der Waals surface area contributed by atoms with Gasteiger partial charge < -0.3 is 5.32 Å². The van der Waals surface area contributed by atoms with Gasteiger partial charge in [-0.05, 0) is 27.7 Å². The Kier molecular flexibility index (Phi) is 4.45. The molecule has 0 aliphatic carbocycles. The fraction of sp³-hybridized carbons (Fsp3) is 0.462. The molecule has 20 heavy (non-hydrogen) atoms. The first-order valence-corrected chi connectivity index (χ1v) is 7.55. The van der Waals surface area contributed by atoms with Crippen LogP contribution in [0.4, 0.5) is 5.69 Å². The van der Waals surface area contributed by atoms with E-state index in [4.69, 9.17) is 11.6 Å². The third-order valence-electron chi connectivity index (χ3n) is 2.81. The van der Waals surface area contributed by atoms with Crippen LogP contribution in [0.2, 0.25) is 5.02 Å². The minimum Gasteiger partial charge on any atom is -0.373 e. The van der Waals surface area contributed by atoms with E-state index >= 15 is 0 Å². The van der Waals surface area contributed by atoms with Gasteiger partial charge in [-0.15, -0.1) is 11.3 Å². The molecular weight excluding hydrogens is 296 g/mol. The Morgan fingerprint density at radius 1 is 1.35 bits per heavy atom. The van der Waals surface area contributed by atoms with Gasteiger partial charge >= 0.3 is 0 Å². The van der Waals surface area contributed by atoms with E-state index in [1.165, 1.54) is 4.68 Å². The molecule has 5 nitrogen and oxygen atoms in total. The Morgan fingerprint density at radius 2 is 2.05 bits per heavy atom. The molecule has 1 unspecified atom stereocenters. The van der Waals surface area contributed by atoms with Crippen LogP contribution in [0.1, 0.15) is 42.7 Å². The van der Waals surface area contributed by atoms with Crippen molar-refractivity contribution in [2.24, 2.45) is 0 Å². The smallest absolute Gasteiger partial charge is 0.287 e. The number of halogens is 1. The molecule has 2 aromatic rings. The largest absolute Gasteiger partial charge is 0.373 e. The summed E-state index contributed by atoms with van der Waals surface area (Å²) in [6.07, 6.45) is 3.41. The average Bonchev–Trinajstić information content (AvgIpc) is 2.81. The Balaban J connectivity index is 2.26. The summed E-state index contributed by atoms with van der Waals surface area (Å²) in [4.78, 5) is 17.5. The van der Waals surface area contributed by atoms with Crippen molar-refractivity contribution in [1.29, 1.82) is 0 Å². The van der Waals surface area contributed by atoms with Crippen LogP contribution in [0.3, 0.4) is 0 Å². The van der Waals surface area contributed by atoms with Crippen molar-refractivity contribution in [2.75, 3.05) is 5.32 Å². The summed E-state index contributed by atoms with van der Waals surface area (Å²) in [6.45, 7) is 7.76. The van der Waals surface area contributed by atoms with Gasteiger partial charge in [-0.2, -0.15) is 5.10 Å². The van der Waals surface area contributed by atoms with Gasteiger partial charge in [0.05, 0.1) is 24.0 Å². The maximum atomic E-state index is 12.1. The van der Waals surface area contributed by atoms with Crippen molar-refractivity contribution in [3.05, 3.63) is 37.7 Å². The molecule has 7 heteroatoms. The Bertz CT molecular complexity index is 665. The minimum absolute atomic E-state index is 0.0203. The van der Waals surface area contributed by atoms with Crippen molar-refractivity contribution in [1.82, 2.24) is 14.8 Å². The number of aromatic nitrogens is 3. The molecule has 0 saturated carbocycles. The van der Waals surface area contributed by atoms with Crippen LogP contribution < -0.4 is 10.9 Å². The zero-order chi connectivity index (χ0) is 14.9. The van der Waals surface area contributed by atoms with E-state index in [0.717, 1.165) is 9.88 Å². The lowest BCUT2D eigenvalue weighted by molar-refractivity contribution is 0.503. The maximum Gasteiger partial charge on any atom is 0.287 e. The zero-order valence-corrected chi connectivity index (χ0v) is 13.4. The number of nitrogens with zero attached hydrogens (tertiary/aromatic N) is 3. The first-order chi connectivity index (χ1) is 9.40. The second kappa shape index (κ2) is 5.93. The molecule has 0 bridgehead atoms. The molecule has 2 aromatic heterocycles. The monoisotopic (exact) mass is 312 g/mol. The van der Waals surface area contributed by atoms with Crippen LogP contribution in [-0.4, -0.2) is 14.8 Å². The highest BCUT2D eigenvalue weighted by atomic mass is 35.5. The Labute approximate surface area is 126 Å². The van der Waals surface area contributed by atoms with Crippen molar-refractivity contribution in [3.8, 4) is 0 Å². The third-order valence-corrected chi connectivity index (χ3v) is 4.28. The normalized spacial score (nSPS) is 12.7. The number of thiazole rings is 1. The van der Waals surface area contributed by atoms with Crippen LogP contribution in [0.15, 0.2) is 17.2 Å². The Hall–Kier alpha value is -1.40. The van der Waals surface area contributed by atoms with Crippen LogP contribution in [0.5, 0.6) is 0 Å². The summed E-state index contributed by atoms with van der Waals surface area (Å²) in [5.41, 5.74) is 0.253. The molecule has 0 fully saturated rings. The molecule has 0 amide bonds. The van der Waals surface area contributed by atoms with Crippen LogP contribution in [0.25, 0.3) is 0 Å². The predicted octanol–water partition coefficient (Wildman–Crippen LogP) is 3.42. The van der Waals surface area contributed by atoms with E-state index in [9.17, 15) is 4.79 Å². The standard InChI is InChI=1S/C13H17ClN4OS/c1-7(2)18-13(19)11(14)10(6-16-18)17-9(4)12-15-5-8(3)20-12/h5-7,9,17H,1-4H3. The molecule has 0 spiro atoms. The first kappa shape index (κ1) is 15.0. The molecule has 1 atom stereocenters. The summed E-state index contributed by atoms with van der Waals surface area (Å²) >= 11 is 7.74. The van der Waals surface area contributed by atoms with E-state index in [2.05, 4.69) is 15.4 Å². The summed E-state index contributed by atoms with van der Waals surface area (Å²) < 4.78 is 1.37. The number of aryl methyl sites for hydroxylation is 1. The maximum absolute atomic E-state index is 12.1. The van der Waals surface area contributed by atoms with Gasteiger partial charge in [-0.1, -0.05) is 11.6 Å². The SMILES string of the molecule is Cc1cnc(C(C)Nc2cnn(C(C)C)c(=O)c2Cl)s1. The fourth-order valence-corrected chi connectivity index (χ4v) is 2.75. The van der Waals surface area contributed by atoms with Gasteiger partial charge in [0.15, 0.2) is 0 Å². The van der Waals surface area contributed by atoms with Gasteiger partial charge in [0.25, 0.3) is 5.56 Å². The van der Waals surface area contributed by atoms with Crippen LogP contribution in [0, 0.1) is 6.92 Å². The summed E-state index contributed by atoms with van der Waals surface area (Å²) in [5, 5.41) is 8.43. The van der Waals surface area contributed by atoms with Gasteiger partial charge in [0.2, 0.25) is 0 Å². The Morgan fingerprint density at radius 3 is 2.60 bits per heavy atom. The van der Waals surface area contributed by atoms with Gasteiger partial charge in [0, 0.05) is 11.1 Å². The van der Waals surface area contributed by atoms with Crippen molar-refractivity contribution in [2.45, 2.75) is 39.8 Å². The number of rotatable bonds is 4. The summed E-state index contributed by atoms with van der Waals surface area (Å²) in [7, 11) is 0. The molecular formula is C13H17ClN4OS. The number of anilines is 1. The van der Waals surface area contributed by atoms with Crippen molar-refractivity contribution in [3.63, 3.8) is 0 Å². The number of hydrogen-bond donors (Lipinski definition) is 1. The zero-order valence-electron chi connectivity index (χ0n) is 11.8. The molecule has 0 aliphatic rings. The second-order valence-corrected chi connectivity index (χ2v) is 6.54. The first-order valence-electron chi connectivity index (χ1n) is 6.36. The van der Waals surface area contributed by atoms with Gasteiger partial charge in [-0.3, -0.25) is 4.79 Å². The summed E-state index contributed by atoms with van der Waals surface area (Å²) in [5.74, 6) is 0. The minimum atomic E-state index is -0.283. The molecule has 108 valence electrons. The van der Waals surface area contributed by atoms with E-state index < -0.39 is 0 Å². The van der Waals surface area contributed by atoms with E-state index in [-0.39, 0.29) is 22.7 Å². The van der Waals surface area contributed by atoms with E-state index in [1.54, 1.807) is 17.5 Å². The van der Waals surface area contributed by atoms with E-state index in [0.29, 0.717) is 5.69 Å². The number of hydrogen-bond acceptors (Lipinski definition) is 5. The highest BCUT2D eigenvalue weighted by Crippen LogP contribution is 2.25. The lowest BCUT2D eigenvalue weighted by Crippen LogP contribution is -2.26.